The lowest BCUT2D eigenvalue weighted by Gasteiger charge is -2.26. The number of rotatable bonds is 6. The number of aromatic hydroxyl groups is 2. The van der Waals surface area contributed by atoms with Crippen LogP contribution in [0.3, 0.4) is 0 Å². The number of nitrogens with two attached hydrogens (primary N) is 1. The van der Waals surface area contributed by atoms with Crippen LogP contribution in [0.5, 0.6) is 11.6 Å². The highest BCUT2D eigenvalue weighted by atomic mass is 32.1. The summed E-state index contributed by atoms with van der Waals surface area (Å²) in [5.74, 6) is 0.268. The molecule has 2 heterocycles. The molecule has 0 radical (unpaired) electrons. The highest BCUT2D eigenvalue weighted by Gasteiger charge is 2.24. The summed E-state index contributed by atoms with van der Waals surface area (Å²) >= 11 is 1.53. The average molecular weight is 454 g/mol. The van der Waals surface area contributed by atoms with Crippen LogP contribution < -0.4 is 10.6 Å². The topological polar surface area (TPSA) is 91.8 Å². The molecule has 7 heteroatoms. The summed E-state index contributed by atoms with van der Waals surface area (Å²) in [5.41, 5.74) is 10.3. The van der Waals surface area contributed by atoms with Gasteiger partial charge in [0.2, 0.25) is 5.88 Å². The Labute approximate surface area is 193 Å². The van der Waals surface area contributed by atoms with Crippen molar-refractivity contribution in [1.82, 2.24) is 4.98 Å². The molecule has 32 heavy (non-hydrogen) atoms. The Morgan fingerprint density at radius 3 is 2.59 bits per heavy atom. The number of phenolic OH excluding ortho intramolecular Hbond substituents is 1. The van der Waals surface area contributed by atoms with Crippen LogP contribution >= 0.6 is 11.3 Å². The fourth-order valence-corrected chi connectivity index (χ4v) is 4.95. The zero-order valence-corrected chi connectivity index (χ0v) is 19.7. The number of hydrogen-bond acceptors (Lipinski definition) is 7. The largest absolute Gasteiger partial charge is 0.505 e. The Bertz CT molecular complexity index is 1100. The van der Waals surface area contributed by atoms with Crippen LogP contribution in [0.4, 0.5) is 10.8 Å². The number of morpholine rings is 1. The molecule has 0 atom stereocenters. The molecule has 0 spiro atoms. The van der Waals surface area contributed by atoms with Gasteiger partial charge in [0.15, 0.2) is 5.13 Å². The lowest BCUT2D eigenvalue weighted by atomic mass is 9.80. The highest BCUT2D eigenvalue weighted by Crippen LogP contribution is 2.41. The molecule has 1 aliphatic rings. The van der Waals surface area contributed by atoms with E-state index in [2.05, 4.69) is 42.8 Å². The van der Waals surface area contributed by atoms with E-state index in [4.69, 9.17) is 10.5 Å². The number of ether oxygens (including phenoxy) is 1. The number of phenols is 1. The molecule has 0 unspecified atom stereocenters. The van der Waals surface area contributed by atoms with E-state index >= 15 is 0 Å². The molecule has 170 valence electrons. The number of nitrogens with zero attached hydrogens (tertiary/aromatic N) is 2. The van der Waals surface area contributed by atoms with E-state index in [0.29, 0.717) is 25.3 Å². The Morgan fingerprint density at radius 1 is 1.12 bits per heavy atom. The van der Waals surface area contributed by atoms with Crippen molar-refractivity contribution < 1.29 is 14.9 Å². The number of aromatic nitrogens is 1. The number of anilines is 2. The first-order chi connectivity index (χ1) is 15.3. The van der Waals surface area contributed by atoms with Crippen molar-refractivity contribution in [3.8, 4) is 22.8 Å². The predicted molar refractivity (Wildman–Crippen MR) is 131 cm³/mol. The van der Waals surface area contributed by atoms with Gasteiger partial charge in [0.25, 0.3) is 0 Å². The highest BCUT2D eigenvalue weighted by molar-refractivity contribution is 7.15. The third kappa shape index (κ3) is 4.54. The van der Waals surface area contributed by atoms with Gasteiger partial charge in [-0.2, -0.15) is 4.98 Å². The zero-order chi connectivity index (χ0) is 22.9. The van der Waals surface area contributed by atoms with Crippen molar-refractivity contribution in [2.75, 3.05) is 36.9 Å². The first-order valence-corrected chi connectivity index (χ1v) is 11.8. The van der Waals surface area contributed by atoms with E-state index in [-0.39, 0.29) is 17.0 Å². The lowest BCUT2D eigenvalue weighted by molar-refractivity contribution is 0.122. The molecular formula is C25H31N3O3S. The van der Waals surface area contributed by atoms with E-state index in [1.54, 1.807) is 0 Å². The van der Waals surface area contributed by atoms with E-state index in [0.717, 1.165) is 51.8 Å². The summed E-state index contributed by atoms with van der Waals surface area (Å²) in [6.07, 6.45) is 1.49. The van der Waals surface area contributed by atoms with Crippen molar-refractivity contribution in [2.45, 2.75) is 39.0 Å². The van der Waals surface area contributed by atoms with Gasteiger partial charge < -0.3 is 25.6 Å². The van der Waals surface area contributed by atoms with Gasteiger partial charge in [-0.15, -0.1) is 0 Å². The van der Waals surface area contributed by atoms with Crippen LogP contribution in [0.25, 0.3) is 11.1 Å². The summed E-state index contributed by atoms with van der Waals surface area (Å²) in [6.45, 7) is 9.28. The van der Waals surface area contributed by atoms with E-state index in [1.165, 1.54) is 11.3 Å². The monoisotopic (exact) mass is 453 g/mol. The molecule has 0 saturated carbocycles. The SMILES string of the molecule is CCC(C)(C)c1cc(-c2cccc(Cc3sc(N4CCOCC4)nc3O)c2)cc(N)c1O. The third-order valence-electron chi connectivity index (χ3n) is 6.32. The maximum Gasteiger partial charge on any atom is 0.227 e. The molecule has 0 aliphatic carbocycles. The summed E-state index contributed by atoms with van der Waals surface area (Å²) in [5, 5.41) is 21.8. The minimum absolute atomic E-state index is 0.0998. The molecule has 1 aliphatic heterocycles. The van der Waals surface area contributed by atoms with Crippen LogP contribution in [0, 0.1) is 0 Å². The summed E-state index contributed by atoms with van der Waals surface area (Å²) < 4.78 is 5.41. The van der Waals surface area contributed by atoms with E-state index in [1.807, 2.05) is 24.3 Å². The molecule has 2 aromatic carbocycles. The summed E-state index contributed by atoms with van der Waals surface area (Å²) in [7, 11) is 0. The summed E-state index contributed by atoms with van der Waals surface area (Å²) in [4.78, 5) is 7.39. The quantitative estimate of drug-likeness (QED) is 0.362. The van der Waals surface area contributed by atoms with E-state index in [9.17, 15) is 10.2 Å². The first-order valence-electron chi connectivity index (χ1n) is 11.0. The number of benzene rings is 2. The molecule has 0 bridgehead atoms. The van der Waals surface area contributed by atoms with Crippen molar-refractivity contribution in [2.24, 2.45) is 0 Å². The van der Waals surface area contributed by atoms with E-state index < -0.39 is 0 Å². The molecule has 4 rings (SSSR count). The molecule has 3 aromatic rings. The molecule has 1 saturated heterocycles. The van der Waals surface area contributed by atoms with Crippen molar-refractivity contribution in [1.29, 1.82) is 0 Å². The van der Waals surface area contributed by atoms with Crippen molar-refractivity contribution in [3.63, 3.8) is 0 Å². The maximum atomic E-state index is 10.6. The Morgan fingerprint density at radius 2 is 1.88 bits per heavy atom. The van der Waals surface area contributed by atoms with Crippen LogP contribution in [-0.4, -0.2) is 41.5 Å². The average Bonchev–Trinajstić information content (AvgIpc) is 3.16. The standard InChI is InChI=1S/C25H31N3O3S/c1-4-25(2,3)19-14-18(15-20(26)22(19)29)17-7-5-6-16(12-17)13-21-23(30)27-24(32-21)28-8-10-31-11-9-28/h5-7,12,14-15,29-30H,4,8-11,13,26H2,1-3H3. The van der Waals surface area contributed by atoms with Gasteiger partial charge >= 0.3 is 0 Å². The number of thiazole rings is 1. The zero-order valence-electron chi connectivity index (χ0n) is 18.9. The van der Waals surface area contributed by atoms with Gasteiger partial charge in [-0.05, 0) is 40.7 Å². The predicted octanol–water partition coefficient (Wildman–Crippen LogP) is 4.92. The van der Waals surface area contributed by atoms with Crippen molar-refractivity contribution in [3.05, 3.63) is 52.4 Å². The first kappa shape index (κ1) is 22.4. The van der Waals surface area contributed by atoms with Gasteiger partial charge in [-0.25, -0.2) is 0 Å². The second-order valence-electron chi connectivity index (χ2n) is 8.92. The Kier molecular flexibility index (Phi) is 6.31. The second-order valence-corrected chi connectivity index (χ2v) is 9.98. The second kappa shape index (κ2) is 9.00. The molecule has 4 N–H and O–H groups in total. The Hall–Kier alpha value is -2.77. The smallest absolute Gasteiger partial charge is 0.227 e. The number of hydrogen-bond donors (Lipinski definition) is 3. The minimum Gasteiger partial charge on any atom is -0.505 e. The number of nitrogen functional groups attached to an aromatic ring is 1. The Balaban J connectivity index is 1.62. The van der Waals surface area contributed by atoms with Crippen molar-refractivity contribution >= 4 is 22.2 Å². The van der Waals surface area contributed by atoms with Gasteiger partial charge in [0, 0.05) is 25.1 Å². The van der Waals surface area contributed by atoms with Crippen LogP contribution in [0.1, 0.15) is 43.2 Å². The fourth-order valence-electron chi connectivity index (χ4n) is 3.91. The molecular weight excluding hydrogens is 422 g/mol. The molecule has 0 amide bonds. The van der Waals surface area contributed by atoms with Crippen LogP contribution in [0.2, 0.25) is 0 Å². The maximum absolute atomic E-state index is 10.6. The van der Waals surface area contributed by atoms with Gasteiger partial charge in [-0.3, -0.25) is 0 Å². The lowest BCUT2D eigenvalue weighted by Crippen LogP contribution is -2.36. The van der Waals surface area contributed by atoms with Gasteiger partial charge in [-0.1, -0.05) is 56.4 Å². The molecule has 6 nitrogen and oxygen atoms in total. The third-order valence-corrected chi connectivity index (χ3v) is 7.43. The summed E-state index contributed by atoms with van der Waals surface area (Å²) in [6, 6.07) is 12.1. The minimum atomic E-state index is -0.184. The van der Waals surface area contributed by atoms with Gasteiger partial charge in [0.05, 0.1) is 23.8 Å². The van der Waals surface area contributed by atoms with Gasteiger partial charge in [0.1, 0.15) is 5.75 Å². The molecule has 1 aromatic heterocycles. The van der Waals surface area contributed by atoms with Crippen LogP contribution in [-0.2, 0) is 16.6 Å². The van der Waals surface area contributed by atoms with Crippen LogP contribution in [0.15, 0.2) is 36.4 Å². The fraction of sp³-hybridized carbons (Fsp3) is 0.400. The molecule has 1 fully saturated rings. The normalized spacial score (nSPS) is 14.7.